The molecule has 0 fully saturated rings. The van der Waals surface area contributed by atoms with Crippen LogP contribution in [0, 0.1) is 0 Å². The van der Waals surface area contributed by atoms with Crippen molar-refractivity contribution in [1.82, 2.24) is 10.2 Å². The molecule has 0 heterocycles. The minimum Gasteiger partial charge on any atom is -0.393 e. The van der Waals surface area contributed by atoms with Crippen LogP contribution in [0.3, 0.4) is 0 Å². The topological polar surface area (TPSA) is 58.4 Å². The Morgan fingerprint density at radius 2 is 2.14 bits per heavy atom. The Labute approximate surface area is 90.8 Å². The number of hydrogen-bond acceptors (Lipinski definition) is 3. The van der Waals surface area contributed by atoms with E-state index in [1.165, 1.54) is 0 Å². The first-order valence-electron chi connectivity index (χ1n) is 4.73. The molecule has 0 aliphatic heterocycles. The molecule has 1 amide bonds. The number of nitrogens with zero attached hydrogens (tertiary/aromatic N) is 1. The van der Waals surface area contributed by atoms with Gasteiger partial charge in [-0.2, -0.15) is 0 Å². The van der Waals surface area contributed by atoms with E-state index in [-0.39, 0.29) is 5.91 Å². The van der Waals surface area contributed by atoms with E-state index in [0.29, 0.717) is 11.5 Å². The van der Waals surface area contributed by atoms with Crippen molar-refractivity contribution in [2.45, 2.75) is 19.3 Å². The third-order valence-electron chi connectivity index (χ3n) is 1.91. The van der Waals surface area contributed by atoms with Crippen LogP contribution >= 0.6 is 12.2 Å². The van der Waals surface area contributed by atoms with Crippen LogP contribution in [0.2, 0.25) is 0 Å². The highest BCUT2D eigenvalue weighted by Gasteiger charge is 2.03. The number of nitrogens with two attached hydrogens (primary N) is 1. The van der Waals surface area contributed by atoms with Gasteiger partial charge >= 0.3 is 0 Å². The second-order valence-electron chi connectivity index (χ2n) is 3.33. The monoisotopic (exact) mass is 217 g/mol. The summed E-state index contributed by atoms with van der Waals surface area (Å²) in [7, 11) is 3.57. The highest BCUT2D eigenvalue weighted by Crippen LogP contribution is 1.97. The number of nitrogens with one attached hydrogen (secondary N) is 1. The highest BCUT2D eigenvalue weighted by atomic mass is 32.1. The third-order valence-corrected chi connectivity index (χ3v) is 2.11. The molecule has 0 aromatic heterocycles. The molecule has 0 aliphatic rings. The number of carbonyl (C=O) groups excluding carboxylic acids is 1. The summed E-state index contributed by atoms with van der Waals surface area (Å²) in [4.78, 5) is 13.5. The number of unbranched alkanes of at least 4 members (excludes halogenated alkanes) is 1. The summed E-state index contributed by atoms with van der Waals surface area (Å²) < 4.78 is 0. The normalized spacial score (nSPS) is 10.2. The van der Waals surface area contributed by atoms with Gasteiger partial charge < -0.3 is 11.1 Å². The van der Waals surface area contributed by atoms with Gasteiger partial charge in [-0.05, 0) is 32.9 Å². The molecule has 0 spiro atoms. The Kier molecular flexibility index (Phi) is 7.32. The average Bonchev–Trinajstić information content (AvgIpc) is 2.12. The van der Waals surface area contributed by atoms with Crippen molar-refractivity contribution in [3.63, 3.8) is 0 Å². The van der Waals surface area contributed by atoms with E-state index >= 15 is 0 Å². The largest absolute Gasteiger partial charge is 0.393 e. The van der Waals surface area contributed by atoms with Gasteiger partial charge in [0.2, 0.25) is 5.91 Å². The van der Waals surface area contributed by atoms with Gasteiger partial charge in [0.15, 0.2) is 0 Å². The van der Waals surface area contributed by atoms with E-state index < -0.39 is 0 Å². The predicted octanol–water partition coefficient (Wildman–Crippen LogP) is 0.121. The molecule has 0 rings (SSSR count). The molecule has 0 aliphatic carbocycles. The Balaban J connectivity index is 3.39. The Morgan fingerprint density at radius 1 is 1.50 bits per heavy atom. The SMILES string of the molecule is CNC(=O)CN(C)CCCCC(N)=S. The fourth-order valence-corrected chi connectivity index (χ4v) is 1.23. The first-order chi connectivity index (χ1) is 6.56. The van der Waals surface area contributed by atoms with Gasteiger partial charge in [0.1, 0.15) is 0 Å². The van der Waals surface area contributed by atoms with Gasteiger partial charge in [-0.25, -0.2) is 0 Å². The van der Waals surface area contributed by atoms with E-state index in [1.54, 1.807) is 7.05 Å². The Morgan fingerprint density at radius 3 is 2.64 bits per heavy atom. The lowest BCUT2D eigenvalue weighted by Crippen LogP contribution is -2.33. The van der Waals surface area contributed by atoms with E-state index in [4.69, 9.17) is 18.0 Å². The fourth-order valence-electron chi connectivity index (χ4n) is 1.08. The number of rotatable bonds is 7. The van der Waals surface area contributed by atoms with Crippen molar-refractivity contribution in [3.8, 4) is 0 Å². The van der Waals surface area contributed by atoms with Crippen LogP contribution in [0.25, 0.3) is 0 Å². The summed E-state index contributed by atoms with van der Waals surface area (Å²) in [5.41, 5.74) is 5.37. The van der Waals surface area contributed by atoms with Crippen molar-refractivity contribution < 1.29 is 4.79 Å². The second kappa shape index (κ2) is 7.70. The quantitative estimate of drug-likeness (QED) is 0.470. The van der Waals surface area contributed by atoms with Crippen molar-refractivity contribution in [3.05, 3.63) is 0 Å². The summed E-state index contributed by atoms with van der Waals surface area (Å²) in [6.45, 7) is 1.35. The first-order valence-corrected chi connectivity index (χ1v) is 5.14. The number of carbonyl (C=O) groups is 1. The van der Waals surface area contributed by atoms with E-state index in [9.17, 15) is 4.79 Å². The molecule has 0 bridgehead atoms. The van der Waals surface area contributed by atoms with Crippen LogP contribution in [0.1, 0.15) is 19.3 Å². The molecule has 0 saturated heterocycles. The maximum absolute atomic E-state index is 11.0. The summed E-state index contributed by atoms with van der Waals surface area (Å²) >= 11 is 4.76. The zero-order valence-electron chi connectivity index (χ0n) is 8.88. The number of amides is 1. The van der Waals surface area contributed by atoms with Crippen LogP contribution in [0.15, 0.2) is 0 Å². The minimum absolute atomic E-state index is 0.0434. The zero-order chi connectivity index (χ0) is 11.0. The maximum Gasteiger partial charge on any atom is 0.233 e. The molecule has 5 heteroatoms. The molecular formula is C9H19N3OS. The van der Waals surface area contributed by atoms with Crippen molar-refractivity contribution in [2.24, 2.45) is 5.73 Å². The third kappa shape index (κ3) is 7.94. The van der Waals surface area contributed by atoms with Crippen LogP contribution in [-0.2, 0) is 4.79 Å². The van der Waals surface area contributed by atoms with Gasteiger partial charge in [0.05, 0.1) is 11.5 Å². The van der Waals surface area contributed by atoms with Gasteiger partial charge in [0, 0.05) is 7.05 Å². The maximum atomic E-state index is 11.0. The van der Waals surface area contributed by atoms with Crippen molar-refractivity contribution in [1.29, 1.82) is 0 Å². The highest BCUT2D eigenvalue weighted by molar-refractivity contribution is 7.80. The number of hydrogen-bond donors (Lipinski definition) is 2. The Bertz CT molecular complexity index is 196. The minimum atomic E-state index is 0.0434. The summed E-state index contributed by atoms with van der Waals surface area (Å²) in [5, 5.41) is 2.58. The van der Waals surface area contributed by atoms with Gasteiger partial charge in [-0.1, -0.05) is 12.2 Å². The van der Waals surface area contributed by atoms with Gasteiger partial charge in [-0.15, -0.1) is 0 Å². The first kappa shape index (κ1) is 13.3. The smallest absolute Gasteiger partial charge is 0.233 e. The molecule has 82 valence electrons. The van der Waals surface area contributed by atoms with Gasteiger partial charge in [0.25, 0.3) is 0 Å². The van der Waals surface area contributed by atoms with E-state index in [2.05, 4.69) is 5.32 Å². The predicted molar refractivity (Wildman–Crippen MR) is 62.2 cm³/mol. The summed E-state index contributed by atoms with van der Waals surface area (Å²) in [6.07, 6.45) is 2.81. The molecular weight excluding hydrogens is 198 g/mol. The average molecular weight is 217 g/mol. The van der Waals surface area contributed by atoms with Crippen molar-refractivity contribution >= 4 is 23.1 Å². The molecule has 0 aromatic carbocycles. The number of thiocarbonyl (C=S) groups is 1. The lowest BCUT2D eigenvalue weighted by Gasteiger charge is -2.14. The second-order valence-corrected chi connectivity index (χ2v) is 3.86. The summed E-state index contributed by atoms with van der Waals surface area (Å²) in [6, 6.07) is 0. The molecule has 0 atom stereocenters. The molecule has 0 saturated carbocycles. The van der Waals surface area contributed by atoms with E-state index in [0.717, 1.165) is 25.8 Å². The van der Waals surface area contributed by atoms with Crippen LogP contribution < -0.4 is 11.1 Å². The van der Waals surface area contributed by atoms with Crippen LogP contribution in [-0.4, -0.2) is 43.0 Å². The van der Waals surface area contributed by atoms with Crippen LogP contribution in [0.5, 0.6) is 0 Å². The molecule has 0 radical (unpaired) electrons. The lowest BCUT2D eigenvalue weighted by molar-refractivity contribution is -0.121. The number of likely N-dealkylation sites (N-methyl/N-ethyl adjacent to an activating group) is 2. The molecule has 14 heavy (non-hydrogen) atoms. The fraction of sp³-hybridized carbons (Fsp3) is 0.778. The van der Waals surface area contributed by atoms with Crippen LogP contribution in [0.4, 0.5) is 0 Å². The van der Waals surface area contributed by atoms with Crippen molar-refractivity contribution in [2.75, 3.05) is 27.2 Å². The van der Waals surface area contributed by atoms with Gasteiger partial charge in [-0.3, -0.25) is 9.69 Å². The standard InChI is InChI=1S/C9H19N3OS/c1-11-9(13)7-12(2)6-4-3-5-8(10)14/h3-7H2,1-2H3,(H2,10,14)(H,11,13). The lowest BCUT2D eigenvalue weighted by atomic mass is 10.2. The molecule has 0 unspecified atom stereocenters. The molecule has 4 nitrogen and oxygen atoms in total. The molecule has 3 N–H and O–H groups in total. The zero-order valence-corrected chi connectivity index (χ0v) is 9.69. The Hall–Kier alpha value is -0.680. The van der Waals surface area contributed by atoms with E-state index in [1.807, 2.05) is 11.9 Å². The molecule has 0 aromatic rings. The summed E-state index contributed by atoms with van der Waals surface area (Å²) in [5.74, 6) is 0.0434.